The molecule has 2 N–H and O–H groups in total. The van der Waals surface area contributed by atoms with Crippen molar-refractivity contribution in [2.45, 2.75) is 25.0 Å². The van der Waals surface area contributed by atoms with Gasteiger partial charge in [0, 0.05) is 13.6 Å². The lowest BCUT2D eigenvalue weighted by Crippen LogP contribution is -2.43. The third-order valence-corrected chi connectivity index (χ3v) is 2.19. The molecular weight excluding hydrogens is 230 g/mol. The van der Waals surface area contributed by atoms with E-state index in [1.807, 2.05) is 0 Å². The average Bonchev–Trinajstić information content (AvgIpc) is 2.49. The molecule has 0 bridgehead atoms. The maximum Gasteiger partial charge on any atom is 0.255 e. The number of hydrogen-bond acceptors (Lipinski definition) is 3. The van der Waals surface area contributed by atoms with Crippen molar-refractivity contribution in [3.05, 3.63) is 0 Å². The number of nitrogens with one attached hydrogen (secondary N) is 1. The summed E-state index contributed by atoms with van der Waals surface area (Å²) in [6, 6.07) is -0.520. The Morgan fingerprint density at radius 2 is 2.27 bits per heavy atom. The van der Waals surface area contributed by atoms with Crippen LogP contribution < -0.4 is 5.32 Å². The normalized spacial score (nSPS) is 25.1. The Balaban J connectivity index is 0.00000196. The average molecular weight is 245 g/mol. The third-order valence-electron chi connectivity index (χ3n) is 2.19. The summed E-state index contributed by atoms with van der Waals surface area (Å²) >= 11 is 0. The fraction of sp³-hybridized carbons (Fsp3) is 0.875. The maximum atomic E-state index is 11.9. The number of halogens is 3. The Morgan fingerprint density at radius 1 is 1.67 bits per heavy atom. The number of nitrogens with zero attached hydrogens (tertiary/aromatic N) is 1. The Morgan fingerprint density at radius 3 is 2.67 bits per heavy atom. The molecule has 1 aliphatic heterocycles. The fourth-order valence-corrected chi connectivity index (χ4v) is 1.47. The van der Waals surface area contributed by atoms with E-state index in [9.17, 15) is 13.6 Å². The van der Waals surface area contributed by atoms with E-state index in [0.717, 1.165) is 4.90 Å². The molecule has 0 aliphatic carbocycles. The second-order valence-corrected chi connectivity index (χ2v) is 3.46. The van der Waals surface area contributed by atoms with Gasteiger partial charge in [-0.3, -0.25) is 4.79 Å². The van der Waals surface area contributed by atoms with E-state index in [0.29, 0.717) is 13.0 Å². The summed E-state index contributed by atoms with van der Waals surface area (Å²) in [5.74, 6) is -0.387. The minimum absolute atomic E-state index is 0. The van der Waals surface area contributed by atoms with Gasteiger partial charge in [-0.05, 0) is 6.42 Å². The largest absolute Gasteiger partial charge is 0.392 e. The van der Waals surface area contributed by atoms with Crippen LogP contribution in [0.25, 0.3) is 0 Å². The van der Waals surface area contributed by atoms with Crippen molar-refractivity contribution in [1.29, 1.82) is 0 Å². The van der Waals surface area contributed by atoms with Crippen molar-refractivity contribution < 1.29 is 18.7 Å². The van der Waals surface area contributed by atoms with E-state index < -0.39 is 25.1 Å². The summed E-state index contributed by atoms with van der Waals surface area (Å²) in [4.78, 5) is 12.4. The molecule has 2 unspecified atom stereocenters. The third kappa shape index (κ3) is 4.27. The molecule has 2 atom stereocenters. The van der Waals surface area contributed by atoms with Crippen molar-refractivity contribution in [1.82, 2.24) is 10.2 Å². The Hall–Kier alpha value is -0.460. The summed E-state index contributed by atoms with van der Waals surface area (Å²) in [7, 11) is 1.33. The Labute approximate surface area is 93.0 Å². The first kappa shape index (κ1) is 14.5. The topological polar surface area (TPSA) is 52.6 Å². The van der Waals surface area contributed by atoms with Crippen LogP contribution in [0.3, 0.4) is 0 Å². The van der Waals surface area contributed by atoms with Gasteiger partial charge in [0.15, 0.2) is 0 Å². The van der Waals surface area contributed by atoms with Crippen LogP contribution in [0, 0.1) is 0 Å². The monoisotopic (exact) mass is 244 g/mol. The molecule has 1 aliphatic rings. The quantitative estimate of drug-likeness (QED) is 0.726. The van der Waals surface area contributed by atoms with Gasteiger partial charge in [-0.15, -0.1) is 12.4 Å². The first-order chi connectivity index (χ1) is 6.50. The molecule has 0 aromatic heterocycles. The standard InChI is InChI=1S/C8H14F2N2O2.ClH/c1-12(4-7(9)10)8(14)6-2-5(13)3-11-6;/h5-7,11,13H,2-4H2,1H3;1H. The lowest BCUT2D eigenvalue weighted by atomic mass is 10.2. The Bertz CT molecular complexity index is 219. The van der Waals surface area contributed by atoms with E-state index in [1.165, 1.54) is 7.05 Å². The maximum absolute atomic E-state index is 11.9. The van der Waals surface area contributed by atoms with Crippen molar-refractivity contribution in [2.75, 3.05) is 20.1 Å². The molecule has 0 saturated carbocycles. The molecule has 1 saturated heterocycles. The zero-order chi connectivity index (χ0) is 10.7. The van der Waals surface area contributed by atoms with Gasteiger partial charge in [0.2, 0.25) is 5.91 Å². The summed E-state index contributed by atoms with van der Waals surface area (Å²) < 4.78 is 23.9. The predicted octanol–water partition coefficient (Wildman–Crippen LogP) is -0.146. The molecule has 15 heavy (non-hydrogen) atoms. The van der Waals surface area contributed by atoms with Gasteiger partial charge in [0.1, 0.15) is 0 Å². The second kappa shape index (κ2) is 6.19. The lowest BCUT2D eigenvalue weighted by molar-refractivity contribution is -0.133. The fourth-order valence-electron chi connectivity index (χ4n) is 1.47. The molecule has 90 valence electrons. The van der Waals surface area contributed by atoms with Crippen LogP contribution in [0.2, 0.25) is 0 Å². The second-order valence-electron chi connectivity index (χ2n) is 3.46. The summed E-state index contributed by atoms with van der Waals surface area (Å²) in [6.07, 6.45) is -2.77. The molecular formula is C8H15ClF2N2O2. The van der Waals surface area contributed by atoms with Gasteiger partial charge in [0.25, 0.3) is 6.43 Å². The Kier molecular flexibility index (Phi) is 6.00. The zero-order valence-corrected chi connectivity index (χ0v) is 9.14. The molecule has 7 heteroatoms. The van der Waals surface area contributed by atoms with Crippen molar-refractivity contribution in [2.24, 2.45) is 0 Å². The SMILES string of the molecule is CN(CC(F)F)C(=O)C1CC(O)CN1.Cl. The van der Waals surface area contributed by atoms with Crippen molar-refractivity contribution in [3.63, 3.8) is 0 Å². The summed E-state index contributed by atoms with van der Waals surface area (Å²) in [6.45, 7) is -0.216. The molecule has 1 rings (SSSR count). The number of β-amino-alcohol motifs (C(OH)–C–C–N with tert-alkyl or cyclic N) is 1. The number of aliphatic hydroxyl groups excluding tert-OH is 1. The van der Waals surface area contributed by atoms with Crippen LogP contribution >= 0.6 is 12.4 Å². The van der Waals surface area contributed by atoms with Gasteiger partial charge in [-0.1, -0.05) is 0 Å². The zero-order valence-electron chi connectivity index (χ0n) is 8.32. The summed E-state index contributed by atoms with van der Waals surface area (Å²) in [5.41, 5.74) is 0. The molecule has 0 spiro atoms. The van der Waals surface area contributed by atoms with Gasteiger partial charge >= 0.3 is 0 Å². The molecule has 0 aromatic rings. The number of carbonyl (C=O) groups excluding carboxylic acids is 1. The summed E-state index contributed by atoms with van der Waals surface area (Å²) in [5, 5.41) is 11.9. The minimum atomic E-state index is -2.52. The number of carbonyl (C=O) groups is 1. The molecule has 0 radical (unpaired) electrons. The lowest BCUT2D eigenvalue weighted by Gasteiger charge is -2.20. The van der Waals surface area contributed by atoms with E-state index in [4.69, 9.17) is 5.11 Å². The number of hydrogen-bond donors (Lipinski definition) is 2. The van der Waals surface area contributed by atoms with Crippen LogP contribution in [0.5, 0.6) is 0 Å². The van der Waals surface area contributed by atoms with E-state index in [2.05, 4.69) is 5.32 Å². The van der Waals surface area contributed by atoms with Crippen molar-refractivity contribution >= 4 is 18.3 Å². The van der Waals surface area contributed by atoms with Crippen LogP contribution in [0.15, 0.2) is 0 Å². The highest BCUT2D eigenvalue weighted by Gasteiger charge is 2.30. The van der Waals surface area contributed by atoms with Crippen LogP contribution in [-0.4, -0.2) is 54.6 Å². The number of alkyl halides is 2. The number of rotatable bonds is 3. The molecule has 1 heterocycles. The first-order valence-corrected chi connectivity index (χ1v) is 4.45. The molecule has 1 fully saturated rings. The van der Waals surface area contributed by atoms with Crippen molar-refractivity contribution in [3.8, 4) is 0 Å². The number of likely N-dealkylation sites (N-methyl/N-ethyl adjacent to an activating group) is 1. The highest BCUT2D eigenvalue weighted by molar-refractivity contribution is 5.85. The minimum Gasteiger partial charge on any atom is -0.392 e. The van der Waals surface area contributed by atoms with Gasteiger partial charge in [0.05, 0.1) is 18.7 Å². The predicted molar refractivity (Wildman–Crippen MR) is 53.3 cm³/mol. The van der Waals surface area contributed by atoms with E-state index in [1.54, 1.807) is 0 Å². The molecule has 0 aromatic carbocycles. The highest BCUT2D eigenvalue weighted by Crippen LogP contribution is 2.09. The molecule has 1 amide bonds. The smallest absolute Gasteiger partial charge is 0.255 e. The molecule has 4 nitrogen and oxygen atoms in total. The van der Waals surface area contributed by atoms with Crippen LogP contribution in [0.1, 0.15) is 6.42 Å². The highest BCUT2D eigenvalue weighted by atomic mass is 35.5. The van der Waals surface area contributed by atoms with Gasteiger partial charge < -0.3 is 15.3 Å². The van der Waals surface area contributed by atoms with E-state index in [-0.39, 0.29) is 18.3 Å². The van der Waals surface area contributed by atoms with Gasteiger partial charge in [-0.25, -0.2) is 8.78 Å². The van der Waals surface area contributed by atoms with Crippen LogP contribution in [0.4, 0.5) is 8.78 Å². The number of aliphatic hydroxyl groups is 1. The van der Waals surface area contributed by atoms with Gasteiger partial charge in [-0.2, -0.15) is 0 Å². The first-order valence-electron chi connectivity index (χ1n) is 4.45. The van der Waals surface area contributed by atoms with E-state index >= 15 is 0 Å². The van der Waals surface area contributed by atoms with Crippen LogP contribution in [-0.2, 0) is 4.79 Å². The number of amides is 1.